The van der Waals surface area contributed by atoms with Gasteiger partial charge in [-0.05, 0) is 30.3 Å². The van der Waals surface area contributed by atoms with Gasteiger partial charge in [-0.2, -0.15) is 0 Å². The monoisotopic (exact) mass is 324 g/mol. The Morgan fingerprint density at radius 1 is 1.00 bits per heavy atom. The van der Waals surface area contributed by atoms with Gasteiger partial charge in [0.1, 0.15) is 17.1 Å². The molecule has 0 unspecified atom stereocenters. The van der Waals surface area contributed by atoms with Gasteiger partial charge in [0.2, 0.25) is 0 Å². The zero-order valence-electron chi connectivity index (χ0n) is 13.3. The van der Waals surface area contributed by atoms with Crippen molar-refractivity contribution in [2.24, 2.45) is 0 Å². The van der Waals surface area contributed by atoms with E-state index < -0.39 is 11.8 Å². The zero-order valence-corrected chi connectivity index (χ0v) is 13.3. The number of carbonyl (C=O) groups is 2. The molecule has 0 aliphatic carbocycles. The summed E-state index contributed by atoms with van der Waals surface area (Å²) in [6.45, 7) is 0. The van der Waals surface area contributed by atoms with Crippen LogP contribution in [0, 0.1) is 0 Å². The molecule has 0 radical (unpaired) electrons. The van der Waals surface area contributed by atoms with Gasteiger partial charge in [-0.1, -0.05) is 18.2 Å². The van der Waals surface area contributed by atoms with Crippen molar-refractivity contribution in [3.05, 3.63) is 59.7 Å². The minimum atomic E-state index is -0.457. The molecule has 24 heavy (non-hydrogen) atoms. The summed E-state index contributed by atoms with van der Waals surface area (Å²) in [5.41, 5.74) is 3.82. The first-order valence-corrected chi connectivity index (χ1v) is 7.28. The number of hydrogen-bond donors (Lipinski definition) is 1. The lowest BCUT2D eigenvalue weighted by Gasteiger charge is -2.13. The Balaban J connectivity index is 1.96. The van der Waals surface area contributed by atoms with Gasteiger partial charge in [0, 0.05) is 11.6 Å². The van der Waals surface area contributed by atoms with Gasteiger partial charge >= 0.3 is 0 Å². The average molecular weight is 324 g/mol. The maximum atomic E-state index is 12.6. The number of anilines is 1. The number of hydrogen-bond acceptors (Lipinski definition) is 4. The largest absolute Gasteiger partial charge is 0.497 e. The van der Waals surface area contributed by atoms with Crippen LogP contribution in [0.15, 0.2) is 54.1 Å². The van der Waals surface area contributed by atoms with Crippen LogP contribution in [0.25, 0.3) is 6.08 Å². The lowest BCUT2D eigenvalue weighted by Crippen LogP contribution is -2.35. The van der Waals surface area contributed by atoms with Crippen molar-refractivity contribution in [3.63, 3.8) is 0 Å². The van der Waals surface area contributed by atoms with Crippen LogP contribution in [0.2, 0.25) is 0 Å². The highest BCUT2D eigenvalue weighted by atomic mass is 16.5. The number of rotatable bonds is 4. The Bertz CT molecular complexity index is 815. The maximum absolute atomic E-state index is 12.6. The van der Waals surface area contributed by atoms with Crippen LogP contribution >= 0.6 is 0 Å². The second-order valence-electron chi connectivity index (χ2n) is 5.08. The van der Waals surface area contributed by atoms with Crippen molar-refractivity contribution in [1.29, 1.82) is 0 Å². The van der Waals surface area contributed by atoms with Gasteiger partial charge < -0.3 is 9.47 Å². The van der Waals surface area contributed by atoms with Crippen LogP contribution in [-0.2, 0) is 9.59 Å². The molecule has 6 nitrogen and oxygen atoms in total. The molecule has 6 heteroatoms. The Hall–Kier alpha value is -3.28. The molecule has 2 amide bonds. The molecule has 122 valence electrons. The second kappa shape index (κ2) is 6.45. The van der Waals surface area contributed by atoms with Crippen molar-refractivity contribution in [2.75, 3.05) is 19.2 Å². The molecular weight excluding hydrogens is 308 g/mol. The smallest absolute Gasteiger partial charge is 0.282 e. The number of methoxy groups -OCH3 is 2. The molecule has 3 rings (SSSR count). The summed E-state index contributed by atoms with van der Waals surface area (Å²) in [5, 5.41) is 1.23. The summed E-state index contributed by atoms with van der Waals surface area (Å²) in [7, 11) is 3.07. The molecule has 0 bridgehead atoms. The molecule has 0 atom stereocenters. The fraction of sp³-hybridized carbons (Fsp3) is 0.111. The van der Waals surface area contributed by atoms with Gasteiger partial charge in [-0.15, -0.1) is 0 Å². The average Bonchev–Trinajstić information content (AvgIpc) is 2.91. The molecule has 1 N–H and O–H groups in total. The van der Waals surface area contributed by atoms with Crippen LogP contribution in [-0.4, -0.2) is 26.0 Å². The van der Waals surface area contributed by atoms with E-state index in [1.165, 1.54) is 18.2 Å². The van der Waals surface area contributed by atoms with E-state index in [-0.39, 0.29) is 5.57 Å². The highest BCUT2D eigenvalue weighted by Crippen LogP contribution is 2.28. The van der Waals surface area contributed by atoms with E-state index in [4.69, 9.17) is 9.47 Å². The standard InChI is InChI=1S/C18H16N2O4/c1-23-14-9-8-12(16(11-14)24-2)10-15-17(21)19-20(18(15)22)13-6-4-3-5-7-13/h3-11H,1-2H3,(H,19,21)/b15-10+. The summed E-state index contributed by atoms with van der Waals surface area (Å²) in [6, 6.07) is 14.1. The van der Waals surface area contributed by atoms with Crippen LogP contribution < -0.4 is 19.9 Å². The van der Waals surface area contributed by atoms with Gasteiger partial charge in [0.25, 0.3) is 11.8 Å². The molecule has 0 aromatic heterocycles. The summed E-state index contributed by atoms with van der Waals surface area (Å²) in [6.07, 6.45) is 1.51. The molecule has 1 heterocycles. The van der Waals surface area contributed by atoms with E-state index >= 15 is 0 Å². The highest BCUT2D eigenvalue weighted by molar-refractivity contribution is 6.31. The van der Waals surface area contributed by atoms with Gasteiger partial charge in [-0.25, -0.2) is 5.01 Å². The first-order chi connectivity index (χ1) is 11.6. The molecule has 0 saturated carbocycles. The van der Waals surface area contributed by atoms with E-state index in [9.17, 15) is 9.59 Å². The van der Waals surface area contributed by atoms with E-state index in [1.54, 1.807) is 49.6 Å². The number of ether oxygens (including phenoxy) is 2. The van der Waals surface area contributed by atoms with E-state index in [2.05, 4.69) is 5.43 Å². The maximum Gasteiger partial charge on any atom is 0.282 e. The molecule has 1 saturated heterocycles. The Morgan fingerprint density at radius 2 is 1.75 bits per heavy atom. The van der Waals surface area contributed by atoms with Gasteiger partial charge in [0.15, 0.2) is 0 Å². The van der Waals surface area contributed by atoms with Gasteiger partial charge in [0.05, 0.1) is 19.9 Å². The van der Waals surface area contributed by atoms with Crippen LogP contribution in [0.1, 0.15) is 5.56 Å². The van der Waals surface area contributed by atoms with Crippen molar-refractivity contribution in [3.8, 4) is 11.5 Å². The van der Waals surface area contributed by atoms with E-state index in [0.717, 1.165) is 0 Å². The number of para-hydroxylation sites is 1. The molecule has 1 aliphatic rings. The molecule has 1 fully saturated rings. The van der Waals surface area contributed by atoms with Crippen molar-refractivity contribution < 1.29 is 19.1 Å². The highest BCUT2D eigenvalue weighted by Gasteiger charge is 2.34. The van der Waals surface area contributed by atoms with Crippen molar-refractivity contribution >= 4 is 23.6 Å². The summed E-state index contributed by atoms with van der Waals surface area (Å²) in [5.74, 6) is 0.272. The minimum Gasteiger partial charge on any atom is -0.497 e. The SMILES string of the molecule is COc1ccc(/C=C2\C(=O)NN(c3ccccc3)C2=O)c(OC)c1. The Labute approximate surface area is 139 Å². The summed E-state index contributed by atoms with van der Waals surface area (Å²) in [4.78, 5) is 24.7. The van der Waals surface area contributed by atoms with E-state index in [0.29, 0.717) is 22.7 Å². The molecule has 2 aromatic rings. The van der Waals surface area contributed by atoms with Crippen molar-refractivity contribution in [2.45, 2.75) is 0 Å². The third kappa shape index (κ3) is 2.81. The zero-order chi connectivity index (χ0) is 17.1. The fourth-order valence-electron chi connectivity index (χ4n) is 2.41. The topological polar surface area (TPSA) is 67.9 Å². The molecular formula is C18H16N2O4. The first kappa shape index (κ1) is 15.6. The molecule has 2 aromatic carbocycles. The Morgan fingerprint density at radius 3 is 2.42 bits per heavy atom. The number of benzene rings is 2. The van der Waals surface area contributed by atoms with E-state index in [1.807, 2.05) is 6.07 Å². The molecule has 0 spiro atoms. The third-order valence-corrected chi connectivity index (χ3v) is 3.65. The second-order valence-corrected chi connectivity index (χ2v) is 5.08. The lowest BCUT2D eigenvalue weighted by atomic mass is 10.1. The summed E-state index contributed by atoms with van der Waals surface area (Å²) >= 11 is 0. The number of nitrogens with one attached hydrogen (secondary N) is 1. The quantitative estimate of drug-likeness (QED) is 0.691. The predicted octanol–water partition coefficient (Wildman–Crippen LogP) is 2.17. The van der Waals surface area contributed by atoms with Crippen LogP contribution in [0.5, 0.6) is 11.5 Å². The number of hydrazine groups is 1. The van der Waals surface area contributed by atoms with Crippen LogP contribution in [0.4, 0.5) is 5.69 Å². The fourth-order valence-corrected chi connectivity index (χ4v) is 2.41. The Kier molecular flexibility index (Phi) is 4.20. The minimum absolute atomic E-state index is 0.0438. The summed E-state index contributed by atoms with van der Waals surface area (Å²) < 4.78 is 10.4. The third-order valence-electron chi connectivity index (χ3n) is 3.65. The number of amides is 2. The number of nitrogens with zero attached hydrogens (tertiary/aromatic N) is 1. The number of carbonyl (C=O) groups excluding carboxylic acids is 2. The normalized spacial score (nSPS) is 15.6. The predicted molar refractivity (Wildman–Crippen MR) is 89.6 cm³/mol. The van der Waals surface area contributed by atoms with Gasteiger partial charge in [-0.3, -0.25) is 15.0 Å². The van der Waals surface area contributed by atoms with Crippen molar-refractivity contribution in [1.82, 2.24) is 5.43 Å². The first-order valence-electron chi connectivity index (χ1n) is 7.28. The lowest BCUT2D eigenvalue weighted by molar-refractivity contribution is -0.117. The molecule has 1 aliphatic heterocycles. The van der Waals surface area contributed by atoms with Crippen LogP contribution in [0.3, 0.4) is 0 Å².